The van der Waals surface area contributed by atoms with Crippen LogP contribution in [0.15, 0.2) is 35.5 Å². The molecule has 19 heavy (non-hydrogen) atoms. The van der Waals surface area contributed by atoms with Crippen molar-refractivity contribution >= 4 is 35.3 Å². The fraction of sp³-hybridized carbons (Fsp3) is 0.143. The molecule has 5 heteroatoms. The molecule has 3 rings (SSSR count). The van der Waals surface area contributed by atoms with Gasteiger partial charge in [0, 0.05) is 31.1 Å². The van der Waals surface area contributed by atoms with Crippen molar-refractivity contribution in [3.05, 3.63) is 57.3 Å². The summed E-state index contributed by atoms with van der Waals surface area (Å²) in [7, 11) is 0. The molecule has 0 saturated carbocycles. The smallest absolute Gasteiger partial charge is 0.278 e. The zero-order valence-electron chi connectivity index (χ0n) is 9.94. The molecule has 0 bridgehead atoms. The zero-order valence-corrected chi connectivity index (χ0v) is 11.4. The van der Waals surface area contributed by atoms with Gasteiger partial charge >= 0.3 is 0 Å². The Hall–Kier alpha value is -1.58. The normalized spacial score (nSPS) is 13.7. The van der Waals surface area contributed by atoms with Crippen LogP contribution >= 0.6 is 23.2 Å². The van der Waals surface area contributed by atoms with E-state index in [1.165, 1.54) is 0 Å². The van der Waals surface area contributed by atoms with Crippen LogP contribution < -0.4 is 0 Å². The van der Waals surface area contributed by atoms with Gasteiger partial charge in [0.15, 0.2) is 0 Å². The molecule has 2 heterocycles. The molecule has 0 saturated heterocycles. The van der Waals surface area contributed by atoms with Crippen molar-refractivity contribution in [1.29, 1.82) is 0 Å². The summed E-state index contributed by atoms with van der Waals surface area (Å²) in [6, 6.07) is 7.36. The third-order valence-corrected chi connectivity index (χ3v) is 3.88. The monoisotopic (exact) mass is 292 g/mol. The van der Waals surface area contributed by atoms with Gasteiger partial charge < -0.3 is 4.57 Å². The number of aromatic nitrogens is 1. The van der Waals surface area contributed by atoms with Crippen LogP contribution in [0.25, 0.3) is 0 Å². The Morgan fingerprint density at radius 2 is 2.05 bits per heavy atom. The summed E-state index contributed by atoms with van der Waals surface area (Å²) >= 11 is 11.9. The Morgan fingerprint density at radius 3 is 2.84 bits per heavy atom. The minimum absolute atomic E-state index is 0.172. The Bertz CT molecular complexity index is 689. The lowest BCUT2D eigenvalue weighted by Gasteiger charge is -2.11. The summed E-state index contributed by atoms with van der Waals surface area (Å²) in [5, 5.41) is 1.08. The van der Waals surface area contributed by atoms with Gasteiger partial charge in [-0.05, 0) is 23.8 Å². The lowest BCUT2D eigenvalue weighted by molar-refractivity contribution is 0.100. The summed E-state index contributed by atoms with van der Waals surface area (Å²) < 4.78 is 2.04. The highest BCUT2D eigenvalue weighted by Crippen LogP contribution is 2.24. The first-order chi connectivity index (χ1) is 9.15. The van der Waals surface area contributed by atoms with Crippen LogP contribution in [0, 0.1) is 0 Å². The number of fused-ring (bicyclic) bond motifs is 1. The van der Waals surface area contributed by atoms with Gasteiger partial charge in [-0.1, -0.05) is 29.3 Å². The summed E-state index contributed by atoms with van der Waals surface area (Å²) in [5.74, 6) is -0.172. The van der Waals surface area contributed by atoms with E-state index >= 15 is 0 Å². The Morgan fingerprint density at radius 1 is 1.21 bits per heavy atom. The van der Waals surface area contributed by atoms with E-state index in [0.29, 0.717) is 28.6 Å². The van der Waals surface area contributed by atoms with Crippen molar-refractivity contribution in [1.82, 2.24) is 4.57 Å². The van der Waals surface area contributed by atoms with Crippen LogP contribution in [-0.4, -0.2) is 16.7 Å². The number of benzene rings is 1. The molecule has 1 aliphatic rings. The van der Waals surface area contributed by atoms with Gasteiger partial charge in [-0.2, -0.15) is 0 Å². The number of carbonyl (C=O) groups is 1. The Balaban J connectivity index is 1.92. The van der Waals surface area contributed by atoms with Crippen LogP contribution in [0.3, 0.4) is 0 Å². The number of amides is 1. The maximum atomic E-state index is 11.6. The summed E-state index contributed by atoms with van der Waals surface area (Å²) in [6.45, 7) is 0.660. The van der Waals surface area contributed by atoms with Gasteiger partial charge in [0.2, 0.25) is 0 Å². The molecule has 1 aromatic carbocycles. The molecule has 0 fully saturated rings. The Kier molecular flexibility index (Phi) is 3.17. The first-order valence-corrected chi connectivity index (χ1v) is 6.59. The van der Waals surface area contributed by atoms with Crippen LogP contribution in [-0.2, 0) is 13.0 Å². The average Bonchev–Trinajstić information content (AvgIpc) is 2.79. The first-order valence-electron chi connectivity index (χ1n) is 5.84. The van der Waals surface area contributed by atoms with E-state index in [2.05, 4.69) is 4.99 Å². The standard InChI is InChI=1S/C14H10Cl2N2O/c15-11-2-1-9(7-12(11)16)8-18-6-4-10-13(18)3-5-17-14(10)19/h1-2,4-7H,3,8H2. The molecule has 0 N–H and O–H groups in total. The van der Waals surface area contributed by atoms with Crippen LogP contribution in [0.1, 0.15) is 21.6 Å². The highest BCUT2D eigenvalue weighted by Gasteiger charge is 2.18. The summed E-state index contributed by atoms with van der Waals surface area (Å²) in [6.07, 6.45) is 4.23. The van der Waals surface area contributed by atoms with Crippen molar-refractivity contribution in [2.75, 3.05) is 0 Å². The number of rotatable bonds is 2. The summed E-state index contributed by atoms with van der Waals surface area (Å²) in [4.78, 5) is 15.4. The molecule has 0 unspecified atom stereocenters. The van der Waals surface area contributed by atoms with E-state index < -0.39 is 0 Å². The SMILES string of the molecule is O=C1N=CCc2c1ccn2Cc1ccc(Cl)c(Cl)c1. The Labute approximate surface area is 120 Å². The molecule has 3 nitrogen and oxygen atoms in total. The van der Waals surface area contributed by atoms with Gasteiger partial charge in [0.25, 0.3) is 5.91 Å². The maximum Gasteiger partial charge on any atom is 0.278 e. The second-order valence-corrected chi connectivity index (χ2v) is 5.19. The molecule has 1 amide bonds. The van der Waals surface area contributed by atoms with Gasteiger partial charge in [0.1, 0.15) is 0 Å². The van der Waals surface area contributed by atoms with E-state index in [0.717, 1.165) is 11.3 Å². The van der Waals surface area contributed by atoms with Crippen molar-refractivity contribution in [3.63, 3.8) is 0 Å². The van der Waals surface area contributed by atoms with Gasteiger partial charge in [-0.15, -0.1) is 0 Å². The molecule has 2 aromatic rings. The highest BCUT2D eigenvalue weighted by atomic mass is 35.5. The van der Waals surface area contributed by atoms with E-state index in [-0.39, 0.29) is 5.91 Å². The van der Waals surface area contributed by atoms with E-state index in [1.54, 1.807) is 12.3 Å². The lowest BCUT2D eigenvalue weighted by Crippen LogP contribution is -2.12. The third-order valence-electron chi connectivity index (χ3n) is 3.14. The van der Waals surface area contributed by atoms with Crippen LogP contribution in [0.5, 0.6) is 0 Å². The summed E-state index contributed by atoms with van der Waals surface area (Å²) in [5.41, 5.74) is 2.72. The number of hydrogen-bond donors (Lipinski definition) is 0. The van der Waals surface area contributed by atoms with Crippen molar-refractivity contribution in [3.8, 4) is 0 Å². The minimum atomic E-state index is -0.172. The van der Waals surface area contributed by atoms with Gasteiger partial charge in [-0.25, -0.2) is 4.99 Å². The number of carbonyl (C=O) groups excluding carboxylic acids is 1. The second-order valence-electron chi connectivity index (χ2n) is 4.37. The van der Waals surface area contributed by atoms with Crippen LogP contribution in [0.2, 0.25) is 10.0 Å². The first kappa shape index (κ1) is 12.5. The molecule has 0 spiro atoms. The predicted octanol–water partition coefficient (Wildman–Crippen LogP) is 3.61. The average molecular weight is 293 g/mol. The molecular formula is C14H10Cl2N2O. The maximum absolute atomic E-state index is 11.6. The van der Waals surface area contributed by atoms with Crippen LogP contribution in [0.4, 0.5) is 0 Å². The van der Waals surface area contributed by atoms with Gasteiger partial charge in [-0.3, -0.25) is 4.79 Å². The lowest BCUT2D eigenvalue weighted by atomic mass is 10.1. The minimum Gasteiger partial charge on any atom is -0.346 e. The van der Waals surface area contributed by atoms with Crippen molar-refractivity contribution in [2.45, 2.75) is 13.0 Å². The number of hydrogen-bond acceptors (Lipinski definition) is 1. The number of aliphatic imine (C=N–C) groups is 1. The molecule has 0 atom stereocenters. The fourth-order valence-corrected chi connectivity index (χ4v) is 2.52. The second kappa shape index (κ2) is 4.83. The van der Waals surface area contributed by atoms with Crippen molar-refractivity contribution < 1.29 is 4.79 Å². The van der Waals surface area contributed by atoms with Gasteiger partial charge in [0.05, 0.1) is 15.6 Å². The molecule has 96 valence electrons. The van der Waals surface area contributed by atoms with Crippen molar-refractivity contribution in [2.24, 2.45) is 4.99 Å². The number of halogens is 2. The zero-order chi connectivity index (χ0) is 13.4. The molecule has 1 aromatic heterocycles. The van der Waals surface area contributed by atoms with E-state index in [4.69, 9.17) is 23.2 Å². The molecule has 1 aliphatic heterocycles. The predicted molar refractivity (Wildman–Crippen MR) is 76.5 cm³/mol. The van der Waals surface area contributed by atoms with E-state index in [9.17, 15) is 4.79 Å². The fourth-order valence-electron chi connectivity index (χ4n) is 2.19. The highest BCUT2D eigenvalue weighted by molar-refractivity contribution is 6.42. The largest absolute Gasteiger partial charge is 0.346 e. The molecular weight excluding hydrogens is 283 g/mol. The number of nitrogens with zero attached hydrogens (tertiary/aromatic N) is 2. The molecule has 0 aliphatic carbocycles. The molecule has 0 radical (unpaired) electrons. The third kappa shape index (κ3) is 2.31. The quantitative estimate of drug-likeness (QED) is 0.833. The van der Waals surface area contributed by atoms with E-state index in [1.807, 2.05) is 29.0 Å². The topological polar surface area (TPSA) is 34.4 Å².